The number of carbonyl (C=O) groups is 2. The van der Waals surface area contributed by atoms with Gasteiger partial charge in [0.15, 0.2) is 11.6 Å². The van der Waals surface area contributed by atoms with Crippen LogP contribution in [0.25, 0.3) is 0 Å². The number of halogens is 4. The van der Waals surface area contributed by atoms with Gasteiger partial charge in [0.1, 0.15) is 11.9 Å². The van der Waals surface area contributed by atoms with E-state index >= 15 is 0 Å². The minimum atomic E-state index is -1.30. The van der Waals surface area contributed by atoms with E-state index < -0.39 is 41.3 Å². The van der Waals surface area contributed by atoms with Gasteiger partial charge in [-0.25, -0.2) is 18.2 Å². The highest BCUT2D eigenvalue weighted by atomic mass is 35.5. The Morgan fingerprint density at radius 3 is 2.50 bits per heavy atom. The minimum Gasteiger partial charge on any atom is -0.327 e. The summed E-state index contributed by atoms with van der Waals surface area (Å²) < 4.78 is 40.1. The molecule has 1 unspecified atom stereocenters. The van der Waals surface area contributed by atoms with Gasteiger partial charge in [-0.1, -0.05) is 18.2 Å². The Bertz CT molecular complexity index is 943. The van der Waals surface area contributed by atoms with Crippen molar-refractivity contribution < 1.29 is 22.8 Å². The number of nitrogens with one attached hydrogen (secondary N) is 1. The number of hydrazone groups is 1. The van der Waals surface area contributed by atoms with Crippen molar-refractivity contribution in [3.63, 3.8) is 0 Å². The second kappa shape index (κ2) is 10.2. The van der Waals surface area contributed by atoms with Gasteiger partial charge in [0.25, 0.3) is 0 Å². The van der Waals surface area contributed by atoms with Gasteiger partial charge in [0.2, 0.25) is 11.8 Å². The molecule has 0 spiro atoms. The van der Waals surface area contributed by atoms with Gasteiger partial charge in [-0.3, -0.25) is 9.59 Å². The topological polar surface area (TPSA) is 87.8 Å². The lowest BCUT2D eigenvalue weighted by Gasteiger charge is -2.22. The highest BCUT2D eigenvalue weighted by Crippen LogP contribution is 2.19. The largest absolute Gasteiger partial charge is 0.327 e. The first-order chi connectivity index (χ1) is 13.8. The number of hydrogen-bond acceptors (Lipinski definition) is 4. The summed E-state index contributed by atoms with van der Waals surface area (Å²) in [5.74, 6) is -4.35. The number of nitrogens with two attached hydrogens (primary N) is 1. The second-order valence-corrected chi connectivity index (χ2v) is 6.67. The molecule has 0 radical (unpaired) electrons. The molecule has 0 saturated heterocycles. The van der Waals surface area contributed by atoms with E-state index in [1.54, 1.807) is 30.3 Å². The number of anilines is 1. The first-order valence-electron chi connectivity index (χ1n) is 8.94. The molecule has 160 valence electrons. The second-order valence-electron chi connectivity index (χ2n) is 6.67. The fraction of sp³-hybridized carbons (Fsp3) is 0.250. The Morgan fingerprint density at radius 2 is 1.80 bits per heavy atom. The molecule has 0 saturated carbocycles. The summed E-state index contributed by atoms with van der Waals surface area (Å²) in [6, 6.07) is 8.23. The van der Waals surface area contributed by atoms with E-state index in [1.165, 1.54) is 6.21 Å². The van der Waals surface area contributed by atoms with Crippen LogP contribution in [0, 0.1) is 17.5 Å². The number of hydrogen-bond donors (Lipinski definition) is 2. The SMILES string of the molecule is Cl.N[C@@H](CC(=O)N1N=CCC1C(=O)Nc1ccccc1)Cc1cc(F)c(F)cc1F. The summed E-state index contributed by atoms with van der Waals surface area (Å²) in [6.07, 6.45) is 1.28. The molecule has 6 nitrogen and oxygen atoms in total. The molecule has 1 heterocycles. The Kier molecular flexibility index (Phi) is 7.96. The zero-order chi connectivity index (χ0) is 21.0. The van der Waals surface area contributed by atoms with Crippen molar-refractivity contribution in [3.8, 4) is 0 Å². The fourth-order valence-electron chi connectivity index (χ4n) is 3.01. The summed E-state index contributed by atoms with van der Waals surface area (Å²) >= 11 is 0. The summed E-state index contributed by atoms with van der Waals surface area (Å²) in [6.45, 7) is 0. The fourth-order valence-corrected chi connectivity index (χ4v) is 3.01. The van der Waals surface area contributed by atoms with E-state index in [9.17, 15) is 22.8 Å². The zero-order valence-electron chi connectivity index (χ0n) is 15.7. The first-order valence-corrected chi connectivity index (χ1v) is 8.94. The van der Waals surface area contributed by atoms with Crippen LogP contribution in [0.2, 0.25) is 0 Å². The molecule has 2 atom stereocenters. The van der Waals surface area contributed by atoms with Gasteiger partial charge >= 0.3 is 0 Å². The van der Waals surface area contributed by atoms with Gasteiger partial charge in [-0.15, -0.1) is 12.4 Å². The smallest absolute Gasteiger partial charge is 0.249 e. The monoisotopic (exact) mass is 440 g/mol. The van der Waals surface area contributed by atoms with Crippen LogP contribution in [-0.4, -0.2) is 35.1 Å². The molecular formula is C20H20ClF3N4O2. The number of amides is 2. The number of benzene rings is 2. The van der Waals surface area contributed by atoms with Crippen molar-refractivity contribution >= 4 is 36.1 Å². The summed E-state index contributed by atoms with van der Waals surface area (Å²) in [5, 5.41) is 7.69. The predicted molar refractivity (Wildman–Crippen MR) is 109 cm³/mol. The molecule has 1 aliphatic heterocycles. The standard InChI is InChI=1S/C20H19F3N4O2.ClH/c21-15-11-17(23)16(22)9-12(15)8-13(24)10-19(28)27-18(6-7-25-27)20(29)26-14-4-2-1-3-5-14;/h1-5,7,9,11,13,18H,6,8,10,24H2,(H,26,29);1H/t13-,18?;/m1./s1. The molecule has 30 heavy (non-hydrogen) atoms. The molecule has 2 aromatic carbocycles. The van der Waals surface area contributed by atoms with Crippen LogP contribution in [0.1, 0.15) is 18.4 Å². The van der Waals surface area contributed by atoms with Crippen molar-refractivity contribution in [2.45, 2.75) is 31.3 Å². The van der Waals surface area contributed by atoms with Crippen molar-refractivity contribution in [1.82, 2.24) is 5.01 Å². The lowest BCUT2D eigenvalue weighted by atomic mass is 10.0. The Balaban J connectivity index is 0.00000320. The maximum Gasteiger partial charge on any atom is 0.249 e. The van der Waals surface area contributed by atoms with E-state index in [0.717, 1.165) is 11.1 Å². The molecule has 10 heteroatoms. The number of nitrogens with zero attached hydrogens (tertiary/aromatic N) is 2. The Labute approximate surface area is 177 Å². The molecule has 0 fully saturated rings. The Hall–Kier alpha value is -2.91. The van der Waals surface area contributed by atoms with E-state index in [2.05, 4.69) is 10.4 Å². The summed E-state index contributed by atoms with van der Waals surface area (Å²) in [5.41, 5.74) is 6.35. The van der Waals surface area contributed by atoms with Crippen molar-refractivity contribution in [2.24, 2.45) is 10.8 Å². The molecule has 2 amide bonds. The van der Waals surface area contributed by atoms with Crippen LogP contribution < -0.4 is 11.1 Å². The van der Waals surface area contributed by atoms with Crippen molar-refractivity contribution in [2.75, 3.05) is 5.32 Å². The van der Waals surface area contributed by atoms with Crippen LogP contribution in [0.15, 0.2) is 47.6 Å². The predicted octanol–water partition coefficient (Wildman–Crippen LogP) is 3.01. The van der Waals surface area contributed by atoms with Gasteiger partial charge in [-0.05, 0) is 30.2 Å². The quantitative estimate of drug-likeness (QED) is 0.677. The van der Waals surface area contributed by atoms with Crippen molar-refractivity contribution in [1.29, 1.82) is 0 Å². The molecule has 2 aromatic rings. The molecule has 3 N–H and O–H groups in total. The highest BCUT2D eigenvalue weighted by molar-refractivity contribution is 5.99. The van der Waals surface area contributed by atoms with E-state index in [1.807, 2.05) is 0 Å². The molecule has 1 aliphatic rings. The van der Waals surface area contributed by atoms with Crippen LogP contribution >= 0.6 is 12.4 Å². The first kappa shape index (κ1) is 23.4. The van der Waals surface area contributed by atoms with Gasteiger partial charge in [0, 0.05) is 36.9 Å². The number of carbonyl (C=O) groups excluding carboxylic acids is 2. The van der Waals surface area contributed by atoms with Gasteiger partial charge in [-0.2, -0.15) is 5.10 Å². The normalized spacial score (nSPS) is 16.1. The highest BCUT2D eigenvalue weighted by Gasteiger charge is 2.33. The lowest BCUT2D eigenvalue weighted by molar-refractivity contribution is -0.137. The number of rotatable bonds is 6. The maximum absolute atomic E-state index is 13.8. The van der Waals surface area contributed by atoms with E-state index in [-0.39, 0.29) is 37.2 Å². The summed E-state index contributed by atoms with van der Waals surface area (Å²) in [4.78, 5) is 25.0. The molecule has 0 aromatic heterocycles. The molecule has 0 aliphatic carbocycles. The van der Waals surface area contributed by atoms with Crippen LogP contribution in [0.4, 0.5) is 18.9 Å². The number of para-hydroxylation sites is 1. The lowest BCUT2D eigenvalue weighted by Crippen LogP contribution is -2.43. The third-order valence-corrected chi connectivity index (χ3v) is 4.44. The van der Waals surface area contributed by atoms with Gasteiger partial charge in [0.05, 0.1) is 0 Å². The van der Waals surface area contributed by atoms with Crippen LogP contribution in [0.5, 0.6) is 0 Å². The molecule has 0 bridgehead atoms. The van der Waals surface area contributed by atoms with Crippen molar-refractivity contribution in [3.05, 3.63) is 65.5 Å². The van der Waals surface area contributed by atoms with E-state index in [4.69, 9.17) is 5.73 Å². The van der Waals surface area contributed by atoms with Crippen LogP contribution in [0.3, 0.4) is 0 Å². The maximum atomic E-state index is 13.8. The summed E-state index contributed by atoms with van der Waals surface area (Å²) in [7, 11) is 0. The molecule has 3 rings (SSSR count). The van der Waals surface area contributed by atoms with Gasteiger partial charge < -0.3 is 11.1 Å². The Morgan fingerprint density at radius 1 is 1.13 bits per heavy atom. The average Bonchev–Trinajstić information content (AvgIpc) is 3.17. The average molecular weight is 441 g/mol. The minimum absolute atomic E-state index is 0. The van der Waals surface area contributed by atoms with E-state index in [0.29, 0.717) is 11.8 Å². The zero-order valence-corrected chi connectivity index (χ0v) is 16.5. The third kappa shape index (κ3) is 5.58. The molecular weight excluding hydrogens is 421 g/mol. The van der Waals surface area contributed by atoms with Crippen LogP contribution in [-0.2, 0) is 16.0 Å². The third-order valence-electron chi connectivity index (χ3n) is 4.44.